The highest BCUT2D eigenvalue weighted by atomic mass is 28.4. The lowest BCUT2D eigenvalue weighted by Gasteiger charge is -2.40. The molecule has 1 unspecified atom stereocenters. The number of hydrogen-bond donors (Lipinski definition) is 2. The molecule has 2 heterocycles. The first-order valence-corrected chi connectivity index (χ1v) is 24.8. The van der Waals surface area contributed by atoms with Gasteiger partial charge in [-0.25, -0.2) is 4.79 Å². The highest BCUT2D eigenvalue weighted by molar-refractivity contribution is 6.74. The van der Waals surface area contributed by atoms with Crippen LogP contribution in [0.4, 0.5) is 0 Å². The molecule has 0 fully saturated rings. The fourth-order valence-corrected chi connectivity index (χ4v) is 8.09. The van der Waals surface area contributed by atoms with E-state index in [9.17, 15) is 9.90 Å². The smallest absolute Gasteiger partial charge is 0.381 e. The molecular weight excluding hydrogens is 689 g/mol. The second-order valence-corrected chi connectivity index (χ2v) is 27.0. The van der Waals surface area contributed by atoms with E-state index in [4.69, 9.17) is 28.2 Å². The second kappa shape index (κ2) is 20.6. The SMILES string of the molecule is C=C(CCC[C@H]1O[C@H](CC#CC(=O)O)C=C[C@@H]1OC)CC(/C=C/C[C@H](O)[C@H](/C=C/[C@@H]1CC(C)=CCO1)O[Si](C)(C)C(C)(C)C)O[Si](C)(C)C(C)(C)C. The number of ether oxygens (including phenoxy) is 3. The summed E-state index contributed by atoms with van der Waals surface area (Å²) in [4.78, 5) is 10.8. The highest BCUT2D eigenvalue weighted by Gasteiger charge is 2.41. The van der Waals surface area contributed by atoms with Crippen molar-refractivity contribution in [2.24, 2.45) is 0 Å². The van der Waals surface area contributed by atoms with Crippen LogP contribution in [-0.4, -0.2) is 89.3 Å². The summed E-state index contributed by atoms with van der Waals surface area (Å²) in [5.74, 6) is 3.69. The largest absolute Gasteiger partial charge is 0.472 e. The van der Waals surface area contributed by atoms with Crippen LogP contribution in [-0.2, 0) is 27.9 Å². The molecule has 10 heteroatoms. The van der Waals surface area contributed by atoms with Crippen molar-refractivity contribution in [2.45, 2.75) is 172 Å². The van der Waals surface area contributed by atoms with E-state index in [1.54, 1.807) is 7.11 Å². The number of carbonyl (C=O) groups is 1. The van der Waals surface area contributed by atoms with Gasteiger partial charge in [0.15, 0.2) is 16.6 Å². The first kappa shape index (κ1) is 46.1. The van der Waals surface area contributed by atoms with Gasteiger partial charge in [-0.3, -0.25) is 0 Å². The first-order chi connectivity index (χ1) is 24.0. The molecule has 0 spiro atoms. The van der Waals surface area contributed by atoms with Crippen LogP contribution in [0.25, 0.3) is 0 Å². The minimum absolute atomic E-state index is 0.000403. The zero-order valence-corrected chi connectivity index (χ0v) is 36.3. The van der Waals surface area contributed by atoms with Crippen LogP contribution < -0.4 is 0 Å². The number of methoxy groups -OCH3 is 1. The monoisotopic (exact) mass is 758 g/mol. The van der Waals surface area contributed by atoms with E-state index in [0.29, 0.717) is 25.9 Å². The highest BCUT2D eigenvalue weighted by Crippen LogP contribution is 2.39. The van der Waals surface area contributed by atoms with E-state index in [1.165, 1.54) is 5.57 Å². The Labute approximate surface area is 318 Å². The molecule has 2 rings (SSSR count). The summed E-state index contributed by atoms with van der Waals surface area (Å²) < 4.78 is 31.5. The van der Waals surface area contributed by atoms with Gasteiger partial charge in [-0.2, -0.15) is 0 Å². The summed E-state index contributed by atoms with van der Waals surface area (Å²) in [7, 11) is -2.63. The van der Waals surface area contributed by atoms with Gasteiger partial charge in [0.1, 0.15) is 6.10 Å². The zero-order chi connectivity index (χ0) is 39.3. The standard InChI is InChI=1S/C42H70O8Si2/c1-31(17-14-21-39-38(46-9)26-23-33(48-39)18-16-22-40(44)45)30-35(49-51(10,11)41(3,4)5)19-15-20-36(43)37(50-52(12,13)42(6,7)8)25-24-34-29-32(2)27-28-47-34/h15,19,23-27,33-39,43H,1,14,17-18,20-21,28-30H2,2-13H3,(H,44,45)/b19-15+,25-24+/t33-,34-,35?,36+,37+,38+,39-/m1/s1. The van der Waals surface area contributed by atoms with Crippen LogP contribution in [0.2, 0.25) is 36.3 Å². The van der Waals surface area contributed by atoms with Gasteiger partial charge in [-0.05, 0) is 81.7 Å². The Kier molecular flexibility index (Phi) is 18.2. The third kappa shape index (κ3) is 15.7. The molecule has 0 saturated heterocycles. The van der Waals surface area contributed by atoms with Crippen LogP contribution in [0.3, 0.4) is 0 Å². The number of carboxylic acid groups (broad SMARTS) is 1. The lowest BCUT2D eigenvalue weighted by molar-refractivity contribution is -0.130. The zero-order valence-electron chi connectivity index (χ0n) is 34.3. The van der Waals surface area contributed by atoms with Crippen LogP contribution in [0.5, 0.6) is 0 Å². The van der Waals surface area contributed by atoms with Crippen molar-refractivity contribution in [2.75, 3.05) is 13.7 Å². The molecule has 2 N–H and O–H groups in total. The molecular formula is C42H70O8Si2. The third-order valence-electron chi connectivity index (χ3n) is 10.9. The topological polar surface area (TPSA) is 104 Å². The third-order valence-corrected chi connectivity index (χ3v) is 19.9. The number of rotatable bonds is 18. The number of carboxylic acids is 1. The van der Waals surface area contributed by atoms with E-state index >= 15 is 0 Å². The summed E-state index contributed by atoms with van der Waals surface area (Å²) in [5.41, 5.74) is 2.41. The van der Waals surface area contributed by atoms with Gasteiger partial charge < -0.3 is 33.3 Å². The predicted octanol–water partition coefficient (Wildman–Crippen LogP) is 9.30. The normalized spacial score (nSPS) is 23.6. The molecule has 0 bridgehead atoms. The van der Waals surface area contributed by atoms with Crippen molar-refractivity contribution < 1.29 is 38.1 Å². The van der Waals surface area contributed by atoms with Crippen LogP contribution in [0.15, 0.2) is 60.3 Å². The molecule has 0 radical (unpaired) electrons. The van der Waals surface area contributed by atoms with Crippen molar-refractivity contribution >= 4 is 22.6 Å². The Morgan fingerprint density at radius 2 is 1.73 bits per heavy atom. The summed E-state index contributed by atoms with van der Waals surface area (Å²) in [5, 5.41) is 20.5. The Morgan fingerprint density at radius 3 is 2.33 bits per heavy atom. The average Bonchev–Trinajstić information content (AvgIpc) is 3.01. The molecule has 0 aromatic heterocycles. The summed E-state index contributed by atoms with van der Waals surface area (Å²) in [6.45, 7) is 29.5. The lowest BCUT2D eigenvalue weighted by atomic mass is 9.98. The van der Waals surface area contributed by atoms with Crippen molar-refractivity contribution in [1.82, 2.24) is 0 Å². The fraction of sp³-hybridized carbons (Fsp3) is 0.690. The van der Waals surface area contributed by atoms with Gasteiger partial charge in [0, 0.05) is 19.5 Å². The van der Waals surface area contributed by atoms with Crippen molar-refractivity contribution in [3.05, 3.63) is 60.3 Å². The number of hydrogen-bond acceptors (Lipinski definition) is 7. The molecule has 294 valence electrons. The second-order valence-electron chi connectivity index (χ2n) is 17.5. The van der Waals surface area contributed by atoms with Gasteiger partial charge >= 0.3 is 5.97 Å². The molecule has 8 nitrogen and oxygen atoms in total. The maximum atomic E-state index is 11.6. The molecule has 0 saturated carbocycles. The van der Waals surface area contributed by atoms with Gasteiger partial charge in [0.05, 0.1) is 43.2 Å². The van der Waals surface area contributed by atoms with Gasteiger partial charge in [-0.1, -0.05) is 108 Å². The van der Waals surface area contributed by atoms with E-state index in [2.05, 4.69) is 111 Å². The summed E-state index contributed by atoms with van der Waals surface area (Å²) >= 11 is 0. The lowest BCUT2D eigenvalue weighted by Crippen LogP contribution is -2.46. The van der Waals surface area contributed by atoms with Crippen LogP contribution >= 0.6 is 0 Å². The first-order valence-electron chi connectivity index (χ1n) is 19.0. The quantitative estimate of drug-likeness (QED) is 0.0811. The van der Waals surface area contributed by atoms with E-state index < -0.39 is 34.8 Å². The molecule has 52 heavy (non-hydrogen) atoms. The van der Waals surface area contributed by atoms with Crippen molar-refractivity contribution in [3.8, 4) is 11.8 Å². The van der Waals surface area contributed by atoms with Gasteiger partial charge in [0.2, 0.25) is 0 Å². The Balaban J connectivity index is 2.14. The Hall–Kier alpha value is -2.08. The van der Waals surface area contributed by atoms with E-state index in [-0.39, 0.29) is 40.6 Å². The van der Waals surface area contributed by atoms with Crippen molar-refractivity contribution in [3.63, 3.8) is 0 Å². The molecule has 0 amide bonds. The minimum Gasteiger partial charge on any atom is -0.472 e. The molecule has 0 aliphatic carbocycles. The molecule has 7 atom stereocenters. The van der Waals surface area contributed by atoms with Gasteiger partial charge in [-0.15, -0.1) is 0 Å². The molecule has 0 aromatic rings. The Morgan fingerprint density at radius 1 is 1.08 bits per heavy atom. The van der Waals surface area contributed by atoms with Crippen molar-refractivity contribution in [1.29, 1.82) is 0 Å². The molecule has 2 aliphatic heterocycles. The molecule has 0 aromatic carbocycles. The minimum atomic E-state index is -2.18. The molecule has 2 aliphatic rings. The summed E-state index contributed by atoms with van der Waals surface area (Å²) in [6, 6.07) is 0. The van der Waals surface area contributed by atoms with E-state index in [1.807, 2.05) is 24.3 Å². The fourth-order valence-electron chi connectivity index (χ4n) is 5.55. The average molecular weight is 759 g/mol. The van der Waals surface area contributed by atoms with E-state index in [0.717, 1.165) is 31.3 Å². The Bertz CT molecular complexity index is 1340. The van der Waals surface area contributed by atoms with Gasteiger partial charge in [0.25, 0.3) is 0 Å². The number of aliphatic hydroxyl groups is 1. The maximum Gasteiger partial charge on any atom is 0.381 e. The predicted molar refractivity (Wildman–Crippen MR) is 217 cm³/mol. The maximum absolute atomic E-state index is 11.6. The summed E-state index contributed by atoms with van der Waals surface area (Å²) in [6.07, 6.45) is 17.0. The number of aliphatic hydroxyl groups excluding tert-OH is 1. The van der Waals surface area contributed by atoms with Crippen LogP contribution in [0.1, 0.15) is 93.4 Å². The van der Waals surface area contributed by atoms with Crippen LogP contribution in [0, 0.1) is 11.8 Å². The number of aliphatic carboxylic acids is 1.